The van der Waals surface area contributed by atoms with E-state index in [0.717, 1.165) is 36.1 Å². The van der Waals surface area contributed by atoms with E-state index in [1.165, 1.54) is 12.5 Å². The monoisotopic (exact) mass is 365 g/mol. The number of phenolic OH excluding ortho intramolecular Hbond substituents is 1. The summed E-state index contributed by atoms with van der Waals surface area (Å²) in [7, 11) is 2.14. The molecule has 0 bridgehead atoms. The zero-order valence-corrected chi connectivity index (χ0v) is 15.3. The predicted octanol–water partition coefficient (Wildman–Crippen LogP) is 4.12. The van der Waals surface area contributed by atoms with E-state index < -0.39 is 0 Å². The molecule has 0 aliphatic carbocycles. The van der Waals surface area contributed by atoms with Gasteiger partial charge in [0, 0.05) is 39.7 Å². The lowest BCUT2D eigenvalue weighted by atomic mass is 10.0. The van der Waals surface area contributed by atoms with E-state index in [4.69, 9.17) is 6.57 Å². The van der Waals surface area contributed by atoms with Crippen molar-refractivity contribution in [3.63, 3.8) is 0 Å². The summed E-state index contributed by atoms with van der Waals surface area (Å²) in [5, 5.41) is 28.7. The average molecular weight is 365 g/mol. The number of benzene rings is 1. The van der Waals surface area contributed by atoms with Gasteiger partial charge in [-0.15, -0.1) is 10.2 Å². The number of nitrogens with zero attached hydrogens (tertiary/aromatic N) is 4. The van der Waals surface area contributed by atoms with Crippen LogP contribution in [0.15, 0.2) is 29.0 Å². The Morgan fingerprint density at radius 1 is 1.31 bits per heavy atom. The highest BCUT2D eigenvalue weighted by Gasteiger charge is 2.20. The average Bonchev–Trinajstić information content (AvgIpc) is 3.13. The number of thiophene rings is 1. The molecule has 6 nitrogen and oxygen atoms in total. The van der Waals surface area contributed by atoms with Gasteiger partial charge in [-0.3, -0.25) is 0 Å². The molecule has 1 aliphatic rings. The molecule has 0 saturated carbocycles. The first-order valence-electron chi connectivity index (χ1n) is 8.54. The number of anilines is 1. The van der Waals surface area contributed by atoms with Crippen LogP contribution in [0.2, 0.25) is 0 Å². The molecule has 2 N–H and O–H groups in total. The lowest BCUT2D eigenvalue weighted by molar-refractivity contribution is 0.261. The number of fused-ring (bicyclic) bond motifs is 1. The highest BCUT2D eigenvalue weighted by molar-refractivity contribution is 7.09. The highest BCUT2D eigenvalue weighted by atomic mass is 32.1. The number of hydrogen-bond donors (Lipinski definition) is 2. The maximum Gasteiger partial charge on any atom is 0.190 e. The molecule has 1 aromatic carbocycles. The summed E-state index contributed by atoms with van der Waals surface area (Å²) in [6, 6.07) is 5.24. The third-order valence-corrected chi connectivity index (χ3v) is 5.50. The van der Waals surface area contributed by atoms with Crippen LogP contribution in [0.25, 0.3) is 26.9 Å². The van der Waals surface area contributed by atoms with Crippen LogP contribution < -0.4 is 5.32 Å². The van der Waals surface area contributed by atoms with Gasteiger partial charge in [-0.05, 0) is 32.5 Å². The van der Waals surface area contributed by atoms with Crippen LogP contribution in [0.1, 0.15) is 12.8 Å². The minimum atomic E-state index is 0.0508. The molecule has 0 radical (unpaired) electrons. The van der Waals surface area contributed by atoms with Gasteiger partial charge in [0.25, 0.3) is 0 Å². The number of piperidine rings is 1. The predicted molar refractivity (Wildman–Crippen MR) is 105 cm³/mol. The summed E-state index contributed by atoms with van der Waals surface area (Å²) in [4.78, 5) is 5.67. The molecule has 7 heteroatoms. The second-order valence-electron chi connectivity index (χ2n) is 6.66. The van der Waals surface area contributed by atoms with Gasteiger partial charge in [-0.25, -0.2) is 4.85 Å². The summed E-state index contributed by atoms with van der Waals surface area (Å²) in [6.45, 7) is 9.19. The van der Waals surface area contributed by atoms with Crippen molar-refractivity contribution < 1.29 is 5.11 Å². The topological polar surface area (TPSA) is 65.6 Å². The molecule has 1 atom stereocenters. The van der Waals surface area contributed by atoms with Crippen LogP contribution in [0, 0.1) is 6.57 Å². The van der Waals surface area contributed by atoms with Gasteiger partial charge in [0.05, 0.1) is 6.57 Å². The van der Waals surface area contributed by atoms with Crippen LogP contribution >= 0.6 is 11.3 Å². The minimum Gasteiger partial charge on any atom is -0.509 e. The van der Waals surface area contributed by atoms with Gasteiger partial charge in [-0.2, -0.15) is 11.3 Å². The molecule has 0 spiro atoms. The lowest BCUT2D eigenvalue weighted by Gasteiger charge is -2.30. The van der Waals surface area contributed by atoms with Gasteiger partial charge < -0.3 is 15.3 Å². The summed E-state index contributed by atoms with van der Waals surface area (Å²) < 4.78 is 0. The molecule has 0 unspecified atom stereocenters. The SMILES string of the molecule is [C-]#[N+]c1ccc(-c2nnc(N[C@@H]3CCCN(C)C3)c3cscc23)c(O)c1. The van der Waals surface area contributed by atoms with Gasteiger partial charge in [0.15, 0.2) is 11.5 Å². The molecule has 26 heavy (non-hydrogen) atoms. The van der Waals surface area contributed by atoms with Crippen molar-refractivity contribution in [1.82, 2.24) is 15.1 Å². The summed E-state index contributed by atoms with van der Waals surface area (Å²) in [5.41, 5.74) is 1.64. The first-order chi connectivity index (χ1) is 12.7. The Hall–Kier alpha value is -2.69. The summed E-state index contributed by atoms with van der Waals surface area (Å²) in [6.07, 6.45) is 2.30. The van der Waals surface area contributed by atoms with Gasteiger partial charge in [0.1, 0.15) is 11.4 Å². The van der Waals surface area contributed by atoms with E-state index in [2.05, 4.69) is 37.7 Å². The van der Waals surface area contributed by atoms with Crippen molar-refractivity contribution >= 4 is 33.6 Å². The van der Waals surface area contributed by atoms with E-state index in [9.17, 15) is 5.11 Å². The Bertz CT molecular complexity index is 993. The molecule has 0 amide bonds. The van der Waals surface area contributed by atoms with Crippen molar-refractivity contribution in [3.8, 4) is 17.0 Å². The van der Waals surface area contributed by atoms with E-state index in [1.54, 1.807) is 23.5 Å². The van der Waals surface area contributed by atoms with Crippen molar-refractivity contribution in [2.24, 2.45) is 0 Å². The summed E-state index contributed by atoms with van der Waals surface area (Å²) >= 11 is 1.59. The smallest absolute Gasteiger partial charge is 0.190 e. The largest absolute Gasteiger partial charge is 0.509 e. The molecule has 3 aromatic rings. The number of nitrogens with one attached hydrogen (secondary N) is 1. The molecular weight excluding hydrogens is 346 g/mol. The number of likely N-dealkylation sites (N-methyl/N-ethyl adjacent to an activating group) is 1. The van der Waals surface area contributed by atoms with E-state index >= 15 is 0 Å². The number of aromatic nitrogens is 2. The van der Waals surface area contributed by atoms with Crippen molar-refractivity contribution in [1.29, 1.82) is 0 Å². The Balaban J connectivity index is 1.71. The van der Waals surface area contributed by atoms with Crippen LogP contribution in [0.3, 0.4) is 0 Å². The van der Waals surface area contributed by atoms with Crippen LogP contribution in [0.4, 0.5) is 11.5 Å². The first-order valence-corrected chi connectivity index (χ1v) is 9.48. The fourth-order valence-corrected chi connectivity index (χ4v) is 4.26. The van der Waals surface area contributed by atoms with Crippen molar-refractivity contribution in [3.05, 3.63) is 40.4 Å². The maximum atomic E-state index is 10.3. The van der Waals surface area contributed by atoms with E-state index in [0.29, 0.717) is 23.0 Å². The fourth-order valence-electron chi connectivity index (χ4n) is 3.44. The van der Waals surface area contributed by atoms with E-state index in [1.807, 2.05) is 5.38 Å². The number of hydrogen-bond acceptors (Lipinski definition) is 6. The van der Waals surface area contributed by atoms with Crippen molar-refractivity contribution in [2.45, 2.75) is 18.9 Å². The number of likely N-dealkylation sites (tertiary alicyclic amines) is 1. The molecule has 4 rings (SSSR count). The number of rotatable bonds is 3. The minimum absolute atomic E-state index is 0.0508. The van der Waals surface area contributed by atoms with Crippen LogP contribution in [-0.4, -0.2) is 46.4 Å². The normalized spacial score (nSPS) is 17.9. The third kappa shape index (κ3) is 3.09. The third-order valence-electron chi connectivity index (χ3n) is 4.75. The molecule has 2 aromatic heterocycles. The zero-order valence-electron chi connectivity index (χ0n) is 14.4. The Kier molecular flexibility index (Phi) is 4.45. The fraction of sp³-hybridized carbons (Fsp3) is 0.316. The standard InChI is InChI=1S/C19H19N5OS/c1-20-12-5-6-14(17(25)8-12)18-15-10-26-11-16(15)19(23-22-18)21-13-4-3-7-24(2)9-13/h5-6,8,10-11,13,25H,3-4,7,9H2,2H3,(H,21,23)/t13-/m1/s1. The van der Waals surface area contributed by atoms with Gasteiger partial charge in [0.2, 0.25) is 0 Å². The molecule has 1 fully saturated rings. The Labute approximate surface area is 155 Å². The number of aromatic hydroxyl groups is 1. The van der Waals surface area contributed by atoms with Gasteiger partial charge in [-0.1, -0.05) is 12.1 Å². The highest BCUT2D eigenvalue weighted by Crippen LogP contribution is 2.38. The molecule has 3 heterocycles. The zero-order chi connectivity index (χ0) is 18.1. The van der Waals surface area contributed by atoms with Crippen LogP contribution in [-0.2, 0) is 0 Å². The second kappa shape index (κ2) is 6.90. The second-order valence-corrected chi connectivity index (χ2v) is 7.40. The quantitative estimate of drug-likeness (QED) is 0.684. The summed E-state index contributed by atoms with van der Waals surface area (Å²) in [5.74, 6) is 0.845. The van der Waals surface area contributed by atoms with Gasteiger partial charge >= 0.3 is 0 Å². The Morgan fingerprint density at radius 3 is 2.92 bits per heavy atom. The van der Waals surface area contributed by atoms with Crippen molar-refractivity contribution in [2.75, 3.05) is 25.5 Å². The van der Waals surface area contributed by atoms with Crippen LogP contribution in [0.5, 0.6) is 5.75 Å². The van der Waals surface area contributed by atoms with E-state index in [-0.39, 0.29) is 5.75 Å². The lowest BCUT2D eigenvalue weighted by Crippen LogP contribution is -2.39. The Morgan fingerprint density at radius 2 is 2.15 bits per heavy atom. The molecular formula is C19H19N5OS. The number of phenols is 1. The molecule has 132 valence electrons. The molecule has 1 saturated heterocycles. The first kappa shape index (κ1) is 16.8. The maximum absolute atomic E-state index is 10.3. The molecule has 1 aliphatic heterocycles.